The molecule has 1 saturated heterocycles. The highest BCUT2D eigenvalue weighted by molar-refractivity contribution is 6.30. The molecule has 28 heavy (non-hydrogen) atoms. The topological polar surface area (TPSA) is 32.8 Å². The van der Waals surface area contributed by atoms with E-state index in [0.29, 0.717) is 10.8 Å². The Morgan fingerprint density at radius 3 is 2.54 bits per heavy atom. The number of fused-ring (bicyclic) bond motifs is 2. The minimum Gasteiger partial charge on any atom is -0.484 e. The van der Waals surface area contributed by atoms with Crippen LogP contribution in [0, 0.1) is 6.92 Å². The highest BCUT2D eigenvalue weighted by Crippen LogP contribution is 2.47. The molecule has 1 spiro atoms. The monoisotopic (exact) mass is 398 g/mol. The first kappa shape index (κ1) is 19.3. The summed E-state index contributed by atoms with van der Waals surface area (Å²) in [6.45, 7) is 8.41. The van der Waals surface area contributed by atoms with E-state index in [4.69, 9.17) is 16.3 Å². The van der Waals surface area contributed by atoms with Gasteiger partial charge in [0, 0.05) is 22.7 Å². The molecule has 4 nitrogen and oxygen atoms in total. The SMILES string of the molecule is CCN1CCC2(CC1)CN(C(=O)COc1ccc(Cl)cc1)c1ccc(C)cc12. The smallest absolute Gasteiger partial charge is 0.264 e. The Hall–Kier alpha value is -2.04. The standard InChI is InChI=1S/C23H27ClN2O2/c1-3-25-12-10-23(11-13-25)16-26(21-9-4-17(2)14-20(21)23)22(27)15-28-19-7-5-18(24)6-8-19/h4-9,14H,3,10-13,15-16H2,1-2H3. The number of hydrogen-bond acceptors (Lipinski definition) is 3. The van der Waals surface area contributed by atoms with Crippen LogP contribution >= 0.6 is 11.6 Å². The van der Waals surface area contributed by atoms with Crippen LogP contribution in [0.4, 0.5) is 5.69 Å². The van der Waals surface area contributed by atoms with Crippen molar-refractivity contribution in [3.05, 3.63) is 58.6 Å². The number of carbonyl (C=O) groups excluding carboxylic acids is 1. The summed E-state index contributed by atoms with van der Waals surface area (Å²) in [5.41, 5.74) is 3.72. The molecule has 5 heteroatoms. The summed E-state index contributed by atoms with van der Waals surface area (Å²) in [5, 5.41) is 0.655. The average Bonchev–Trinajstić information content (AvgIpc) is 3.01. The molecule has 2 aromatic carbocycles. The van der Waals surface area contributed by atoms with E-state index in [1.54, 1.807) is 24.3 Å². The number of carbonyl (C=O) groups is 1. The summed E-state index contributed by atoms with van der Waals surface area (Å²) >= 11 is 5.92. The van der Waals surface area contributed by atoms with Crippen molar-refractivity contribution >= 4 is 23.2 Å². The molecule has 2 aliphatic rings. The third-order valence-corrected chi connectivity index (χ3v) is 6.46. The van der Waals surface area contributed by atoms with E-state index in [0.717, 1.165) is 44.7 Å². The van der Waals surface area contributed by atoms with Gasteiger partial charge in [-0.1, -0.05) is 36.2 Å². The largest absolute Gasteiger partial charge is 0.484 e. The van der Waals surface area contributed by atoms with Crippen LogP contribution in [0.15, 0.2) is 42.5 Å². The first-order valence-electron chi connectivity index (χ1n) is 10.0. The molecule has 1 amide bonds. The summed E-state index contributed by atoms with van der Waals surface area (Å²) in [4.78, 5) is 17.5. The fourth-order valence-electron chi connectivity index (χ4n) is 4.48. The van der Waals surface area contributed by atoms with Gasteiger partial charge in [-0.15, -0.1) is 0 Å². The highest BCUT2D eigenvalue weighted by atomic mass is 35.5. The minimum absolute atomic E-state index is 0.00912. The highest BCUT2D eigenvalue weighted by Gasteiger charge is 2.46. The Bertz CT molecular complexity index is 857. The summed E-state index contributed by atoms with van der Waals surface area (Å²) in [5.74, 6) is 0.668. The van der Waals surface area contributed by atoms with Crippen molar-refractivity contribution in [3.8, 4) is 5.75 Å². The van der Waals surface area contributed by atoms with Gasteiger partial charge in [-0.05, 0) is 75.3 Å². The van der Waals surface area contributed by atoms with Crippen LogP contribution in [0.5, 0.6) is 5.75 Å². The quantitative estimate of drug-likeness (QED) is 0.763. The van der Waals surface area contributed by atoms with Crippen LogP contribution < -0.4 is 9.64 Å². The third-order valence-electron chi connectivity index (χ3n) is 6.21. The van der Waals surface area contributed by atoms with Gasteiger partial charge in [-0.25, -0.2) is 0 Å². The minimum atomic E-state index is 0.00912. The number of rotatable bonds is 4. The van der Waals surface area contributed by atoms with Crippen molar-refractivity contribution in [2.45, 2.75) is 32.1 Å². The molecular weight excluding hydrogens is 372 g/mol. The van der Waals surface area contributed by atoms with Crippen LogP contribution in [0.1, 0.15) is 30.9 Å². The van der Waals surface area contributed by atoms with E-state index in [1.165, 1.54) is 11.1 Å². The predicted octanol–water partition coefficient (Wildman–Crippen LogP) is 4.43. The lowest BCUT2D eigenvalue weighted by atomic mass is 9.74. The molecule has 4 rings (SSSR count). The van der Waals surface area contributed by atoms with Gasteiger partial charge < -0.3 is 14.5 Å². The molecule has 0 atom stereocenters. The van der Waals surface area contributed by atoms with Gasteiger partial charge in [0.05, 0.1) is 0 Å². The third kappa shape index (κ3) is 3.63. The lowest BCUT2D eigenvalue weighted by molar-refractivity contribution is -0.120. The second-order valence-electron chi connectivity index (χ2n) is 7.96. The van der Waals surface area contributed by atoms with E-state index >= 15 is 0 Å². The lowest BCUT2D eigenvalue weighted by Crippen LogP contribution is -2.46. The van der Waals surface area contributed by atoms with Crippen LogP contribution in [0.25, 0.3) is 0 Å². The van der Waals surface area contributed by atoms with Gasteiger partial charge in [0.25, 0.3) is 5.91 Å². The van der Waals surface area contributed by atoms with Crippen molar-refractivity contribution in [1.82, 2.24) is 4.90 Å². The first-order valence-corrected chi connectivity index (χ1v) is 10.4. The maximum atomic E-state index is 13.0. The van der Waals surface area contributed by atoms with E-state index in [1.807, 2.05) is 4.90 Å². The van der Waals surface area contributed by atoms with E-state index in [-0.39, 0.29) is 17.9 Å². The maximum Gasteiger partial charge on any atom is 0.264 e. The van der Waals surface area contributed by atoms with Gasteiger partial charge in [0.15, 0.2) is 6.61 Å². The van der Waals surface area contributed by atoms with E-state index < -0.39 is 0 Å². The second-order valence-corrected chi connectivity index (χ2v) is 8.39. The maximum absolute atomic E-state index is 13.0. The first-order chi connectivity index (χ1) is 13.5. The van der Waals surface area contributed by atoms with Gasteiger partial charge in [0.2, 0.25) is 0 Å². The molecule has 2 aliphatic heterocycles. The number of aryl methyl sites for hydroxylation is 1. The molecule has 1 fully saturated rings. The van der Waals surface area contributed by atoms with Gasteiger partial charge in [-0.2, -0.15) is 0 Å². The number of anilines is 1. The van der Waals surface area contributed by atoms with E-state index in [2.05, 4.69) is 36.9 Å². The molecule has 0 saturated carbocycles. The Labute approximate surface area is 172 Å². The molecule has 0 unspecified atom stereocenters. The Kier molecular flexibility index (Phi) is 5.35. The number of amides is 1. The number of piperidine rings is 1. The van der Waals surface area contributed by atoms with Crippen molar-refractivity contribution in [2.75, 3.05) is 37.7 Å². The average molecular weight is 399 g/mol. The number of ether oxygens (including phenoxy) is 1. The Morgan fingerprint density at radius 2 is 1.86 bits per heavy atom. The van der Waals surface area contributed by atoms with E-state index in [9.17, 15) is 4.79 Å². The number of benzene rings is 2. The fraction of sp³-hybridized carbons (Fsp3) is 0.435. The molecule has 0 radical (unpaired) electrons. The normalized spacial score (nSPS) is 18.3. The lowest BCUT2D eigenvalue weighted by Gasteiger charge is -2.39. The zero-order valence-electron chi connectivity index (χ0n) is 16.6. The van der Waals surface area contributed by atoms with Gasteiger partial charge in [-0.3, -0.25) is 4.79 Å². The molecule has 2 heterocycles. The molecule has 0 bridgehead atoms. The number of likely N-dealkylation sites (tertiary alicyclic amines) is 1. The van der Waals surface area contributed by atoms with Crippen molar-refractivity contribution in [3.63, 3.8) is 0 Å². The molecular formula is C23H27ClN2O2. The number of halogens is 1. The van der Waals surface area contributed by atoms with Crippen molar-refractivity contribution < 1.29 is 9.53 Å². The molecule has 148 valence electrons. The number of hydrogen-bond donors (Lipinski definition) is 0. The fourth-order valence-corrected chi connectivity index (χ4v) is 4.61. The zero-order chi connectivity index (χ0) is 19.7. The Morgan fingerprint density at radius 1 is 1.14 bits per heavy atom. The van der Waals surface area contributed by atoms with Crippen LogP contribution in [-0.4, -0.2) is 43.6 Å². The predicted molar refractivity (Wildman–Crippen MR) is 114 cm³/mol. The summed E-state index contributed by atoms with van der Waals surface area (Å²) in [6.07, 6.45) is 2.19. The van der Waals surface area contributed by atoms with Gasteiger partial charge >= 0.3 is 0 Å². The molecule has 0 aliphatic carbocycles. The number of nitrogens with zero attached hydrogens (tertiary/aromatic N) is 2. The molecule has 0 N–H and O–H groups in total. The summed E-state index contributed by atoms with van der Waals surface area (Å²) in [7, 11) is 0. The van der Waals surface area contributed by atoms with Gasteiger partial charge in [0.1, 0.15) is 5.75 Å². The summed E-state index contributed by atoms with van der Waals surface area (Å²) in [6, 6.07) is 13.6. The van der Waals surface area contributed by atoms with Crippen molar-refractivity contribution in [1.29, 1.82) is 0 Å². The Balaban J connectivity index is 1.53. The van der Waals surface area contributed by atoms with Crippen LogP contribution in [0.2, 0.25) is 5.02 Å². The molecule has 2 aromatic rings. The molecule has 0 aromatic heterocycles. The zero-order valence-corrected chi connectivity index (χ0v) is 17.3. The van der Waals surface area contributed by atoms with Crippen LogP contribution in [-0.2, 0) is 10.2 Å². The second kappa shape index (κ2) is 7.76. The summed E-state index contributed by atoms with van der Waals surface area (Å²) < 4.78 is 5.73. The van der Waals surface area contributed by atoms with Crippen molar-refractivity contribution in [2.24, 2.45) is 0 Å². The van der Waals surface area contributed by atoms with Crippen LogP contribution in [0.3, 0.4) is 0 Å².